The van der Waals surface area contributed by atoms with Crippen LogP contribution in [0.3, 0.4) is 0 Å². The Kier molecular flexibility index (Phi) is 6.25. The number of ether oxygens (including phenoxy) is 1. The van der Waals surface area contributed by atoms with E-state index in [0.29, 0.717) is 15.2 Å². The lowest BCUT2D eigenvalue weighted by molar-refractivity contribution is -0.172. The van der Waals surface area contributed by atoms with Gasteiger partial charge >= 0.3 is 6.18 Å². The molecule has 0 bridgehead atoms. The zero-order chi connectivity index (χ0) is 16.9. The predicted octanol–water partition coefficient (Wildman–Crippen LogP) is 4.57. The average molecular weight is 363 g/mol. The number of nitrogens with one attached hydrogen (secondary N) is 1. The van der Waals surface area contributed by atoms with Gasteiger partial charge in [-0.3, -0.25) is 0 Å². The maximum atomic E-state index is 11.9. The number of aromatic nitrogens is 2. The summed E-state index contributed by atoms with van der Waals surface area (Å²) in [6.07, 6.45) is -4.28. The minimum atomic E-state index is -4.28. The zero-order valence-corrected chi connectivity index (χ0v) is 14.2. The van der Waals surface area contributed by atoms with E-state index in [-0.39, 0.29) is 6.61 Å². The zero-order valence-electron chi connectivity index (χ0n) is 12.6. The standard InChI is InChI=1S/C14H16F3N3OS2/c1-9-3-4-11(7-10(9)2)18-12-19-20-13(23-12)22-6-5-21-8-14(15,16)17/h3-4,7H,5-6,8H2,1-2H3,(H,18,19). The molecule has 0 spiro atoms. The summed E-state index contributed by atoms with van der Waals surface area (Å²) in [6, 6.07) is 6.00. The first-order valence-corrected chi connectivity index (χ1v) is 8.59. The van der Waals surface area contributed by atoms with Gasteiger partial charge in [-0.15, -0.1) is 10.2 Å². The van der Waals surface area contributed by atoms with E-state index in [9.17, 15) is 13.2 Å². The predicted molar refractivity (Wildman–Crippen MR) is 86.7 cm³/mol. The molecule has 23 heavy (non-hydrogen) atoms. The summed E-state index contributed by atoms with van der Waals surface area (Å²) in [5.41, 5.74) is 3.31. The van der Waals surface area contributed by atoms with Gasteiger partial charge in [0.15, 0.2) is 4.34 Å². The molecule has 0 atom stereocenters. The summed E-state index contributed by atoms with van der Waals surface area (Å²) < 4.78 is 41.0. The van der Waals surface area contributed by atoms with Crippen molar-refractivity contribution in [2.45, 2.75) is 24.4 Å². The highest BCUT2D eigenvalue weighted by Gasteiger charge is 2.27. The number of nitrogens with zero attached hydrogens (tertiary/aromatic N) is 2. The Hall–Kier alpha value is -1.32. The Morgan fingerprint density at radius 1 is 1.22 bits per heavy atom. The molecule has 126 valence electrons. The molecule has 0 saturated heterocycles. The van der Waals surface area contributed by atoms with Gasteiger partial charge in [0.05, 0.1) is 6.61 Å². The number of anilines is 2. The van der Waals surface area contributed by atoms with Crippen molar-refractivity contribution in [3.8, 4) is 0 Å². The second kappa shape index (κ2) is 7.98. The highest BCUT2D eigenvalue weighted by Crippen LogP contribution is 2.28. The molecule has 4 nitrogen and oxygen atoms in total. The Morgan fingerprint density at radius 2 is 2.00 bits per heavy atom. The third-order valence-electron chi connectivity index (χ3n) is 2.88. The lowest BCUT2D eigenvalue weighted by Gasteiger charge is -2.06. The monoisotopic (exact) mass is 363 g/mol. The molecule has 1 N–H and O–H groups in total. The Bertz CT molecular complexity index is 646. The summed E-state index contributed by atoms with van der Waals surface area (Å²) in [6.45, 7) is 2.87. The normalized spacial score (nSPS) is 11.7. The van der Waals surface area contributed by atoms with E-state index in [1.165, 1.54) is 34.2 Å². The van der Waals surface area contributed by atoms with E-state index in [4.69, 9.17) is 0 Å². The molecule has 0 aliphatic rings. The molecule has 1 aromatic heterocycles. The van der Waals surface area contributed by atoms with Crippen LogP contribution < -0.4 is 5.32 Å². The average Bonchev–Trinajstić information content (AvgIpc) is 2.89. The van der Waals surface area contributed by atoms with Crippen LogP contribution in [0.15, 0.2) is 22.5 Å². The number of aryl methyl sites for hydroxylation is 2. The van der Waals surface area contributed by atoms with Gasteiger partial charge in [0.25, 0.3) is 0 Å². The van der Waals surface area contributed by atoms with E-state index in [2.05, 4.69) is 20.3 Å². The number of alkyl halides is 3. The molecule has 2 rings (SSSR count). The van der Waals surface area contributed by atoms with Gasteiger partial charge in [-0.05, 0) is 37.1 Å². The second-order valence-corrected chi connectivity index (χ2v) is 7.13. The van der Waals surface area contributed by atoms with Crippen molar-refractivity contribution in [3.63, 3.8) is 0 Å². The van der Waals surface area contributed by atoms with Crippen LogP contribution in [0.1, 0.15) is 11.1 Å². The maximum absolute atomic E-state index is 11.9. The fourth-order valence-electron chi connectivity index (χ4n) is 1.64. The minimum Gasteiger partial charge on any atom is -0.371 e. The summed E-state index contributed by atoms with van der Waals surface area (Å²) in [5.74, 6) is 0.397. The molecule has 0 saturated carbocycles. The van der Waals surface area contributed by atoms with Crippen LogP contribution in [0.5, 0.6) is 0 Å². The number of rotatable bonds is 7. The largest absolute Gasteiger partial charge is 0.411 e. The third kappa shape index (κ3) is 6.36. The third-order valence-corrected chi connectivity index (χ3v) is 4.82. The molecule has 9 heteroatoms. The Balaban J connectivity index is 1.78. The van der Waals surface area contributed by atoms with Gasteiger partial charge in [-0.25, -0.2) is 0 Å². The van der Waals surface area contributed by atoms with Gasteiger partial charge in [0.2, 0.25) is 5.13 Å². The highest BCUT2D eigenvalue weighted by molar-refractivity contribution is 8.01. The molecule has 0 fully saturated rings. The van der Waals surface area contributed by atoms with Crippen molar-refractivity contribution < 1.29 is 17.9 Å². The Labute approximate surface area is 140 Å². The van der Waals surface area contributed by atoms with Crippen molar-refractivity contribution in [1.82, 2.24) is 10.2 Å². The van der Waals surface area contributed by atoms with Gasteiger partial charge in [0.1, 0.15) is 6.61 Å². The summed E-state index contributed by atoms with van der Waals surface area (Å²) in [4.78, 5) is 0. The molecule has 1 aromatic carbocycles. The number of hydrogen-bond acceptors (Lipinski definition) is 6. The fraction of sp³-hybridized carbons (Fsp3) is 0.429. The molecule has 0 aliphatic carbocycles. The topological polar surface area (TPSA) is 47.0 Å². The van der Waals surface area contributed by atoms with Crippen molar-refractivity contribution in [3.05, 3.63) is 29.3 Å². The Morgan fingerprint density at radius 3 is 2.70 bits per heavy atom. The van der Waals surface area contributed by atoms with Crippen molar-refractivity contribution in [1.29, 1.82) is 0 Å². The highest BCUT2D eigenvalue weighted by atomic mass is 32.2. The summed E-state index contributed by atoms with van der Waals surface area (Å²) in [7, 11) is 0. The van der Waals surface area contributed by atoms with Crippen molar-refractivity contribution in [2.24, 2.45) is 0 Å². The smallest absolute Gasteiger partial charge is 0.371 e. The first-order chi connectivity index (χ1) is 10.8. The van der Waals surface area contributed by atoms with Crippen molar-refractivity contribution in [2.75, 3.05) is 24.3 Å². The first-order valence-electron chi connectivity index (χ1n) is 6.78. The molecular formula is C14H16F3N3OS2. The number of hydrogen-bond donors (Lipinski definition) is 1. The SMILES string of the molecule is Cc1ccc(Nc2nnc(SCCOCC(F)(F)F)s2)cc1C. The van der Waals surface area contributed by atoms with Gasteiger partial charge in [-0.2, -0.15) is 13.2 Å². The lowest BCUT2D eigenvalue weighted by atomic mass is 10.1. The van der Waals surface area contributed by atoms with E-state index in [1.54, 1.807) is 0 Å². The number of thioether (sulfide) groups is 1. The minimum absolute atomic E-state index is 0.0175. The molecule has 1 heterocycles. The quantitative estimate of drug-likeness (QED) is 0.577. The molecule has 0 unspecified atom stereocenters. The summed E-state index contributed by atoms with van der Waals surface area (Å²) >= 11 is 2.67. The van der Waals surface area contributed by atoms with E-state index in [0.717, 1.165) is 5.69 Å². The van der Waals surface area contributed by atoms with Gasteiger partial charge < -0.3 is 10.1 Å². The maximum Gasteiger partial charge on any atom is 0.411 e. The van der Waals surface area contributed by atoms with E-state index >= 15 is 0 Å². The van der Waals surface area contributed by atoms with Crippen LogP contribution in [-0.4, -0.2) is 35.3 Å². The van der Waals surface area contributed by atoms with Crippen LogP contribution in [0.2, 0.25) is 0 Å². The molecule has 0 aliphatic heterocycles. The van der Waals surface area contributed by atoms with Crippen LogP contribution >= 0.6 is 23.1 Å². The van der Waals surface area contributed by atoms with Crippen molar-refractivity contribution >= 4 is 33.9 Å². The van der Waals surface area contributed by atoms with Gasteiger partial charge in [0, 0.05) is 11.4 Å². The van der Waals surface area contributed by atoms with Crippen LogP contribution in [0, 0.1) is 13.8 Å². The number of halogens is 3. The van der Waals surface area contributed by atoms with E-state index in [1.807, 2.05) is 32.0 Å². The van der Waals surface area contributed by atoms with Crippen LogP contribution in [-0.2, 0) is 4.74 Å². The lowest BCUT2D eigenvalue weighted by Crippen LogP contribution is -2.17. The van der Waals surface area contributed by atoms with Gasteiger partial charge in [-0.1, -0.05) is 29.2 Å². The second-order valence-electron chi connectivity index (χ2n) is 4.81. The molecular weight excluding hydrogens is 347 g/mol. The van der Waals surface area contributed by atoms with Crippen LogP contribution in [0.25, 0.3) is 0 Å². The molecule has 2 aromatic rings. The molecule has 0 radical (unpaired) electrons. The van der Waals surface area contributed by atoms with E-state index < -0.39 is 12.8 Å². The first kappa shape index (κ1) is 18.0. The van der Waals surface area contributed by atoms with Crippen LogP contribution in [0.4, 0.5) is 24.0 Å². The summed E-state index contributed by atoms with van der Waals surface area (Å²) in [5, 5.41) is 11.8. The fourth-order valence-corrected chi connectivity index (χ4v) is 3.33. The number of benzene rings is 1. The molecule has 0 amide bonds.